The number of benzene rings is 1. The third kappa shape index (κ3) is 4.08. The first-order valence-corrected chi connectivity index (χ1v) is 10.1. The van der Waals surface area contributed by atoms with Crippen LogP contribution in [0.25, 0.3) is 17.0 Å². The molecule has 1 aliphatic rings. The minimum atomic E-state index is -1.10. The molecule has 0 unspecified atom stereocenters. The van der Waals surface area contributed by atoms with Gasteiger partial charge in [0.1, 0.15) is 5.52 Å². The summed E-state index contributed by atoms with van der Waals surface area (Å²) in [4.78, 5) is 33.2. The molecule has 1 fully saturated rings. The van der Waals surface area contributed by atoms with Crippen LogP contribution in [-0.2, 0) is 6.54 Å². The first kappa shape index (κ1) is 21.9. The van der Waals surface area contributed by atoms with Gasteiger partial charge in [-0.15, -0.1) is 0 Å². The Bertz CT molecular complexity index is 1330. The van der Waals surface area contributed by atoms with Crippen LogP contribution in [0.4, 0.5) is 5.69 Å². The second kappa shape index (κ2) is 8.67. The number of nitrogens with zero attached hydrogens (tertiary/aromatic N) is 6. The maximum atomic E-state index is 12.8. The van der Waals surface area contributed by atoms with Crippen LogP contribution in [0, 0.1) is 5.92 Å². The molecular formula is C20H20ClN7O3S. The fourth-order valence-corrected chi connectivity index (χ4v) is 4.03. The predicted molar refractivity (Wildman–Crippen MR) is 124 cm³/mol. The van der Waals surface area contributed by atoms with Gasteiger partial charge in [0, 0.05) is 36.5 Å². The van der Waals surface area contributed by atoms with Crippen molar-refractivity contribution in [3.63, 3.8) is 0 Å². The van der Waals surface area contributed by atoms with Gasteiger partial charge in [-0.1, -0.05) is 11.6 Å². The Kier molecular flexibility index (Phi) is 5.94. The largest absolute Gasteiger partial charge is 0.478 e. The molecule has 1 aliphatic heterocycles. The second-order valence-electron chi connectivity index (χ2n) is 7.51. The minimum absolute atomic E-state index is 0. The number of hydrogen-bond donors (Lipinski definition) is 2. The maximum absolute atomic E-state index is 12.8. The number of fused-ring (bicyclic) bond motifs is 1. The number of nitrogens with one attached hydrogen (secondary N) is 1. The SMILES string of the molecule is O=C(O)c1cnn(-c2nc3cnn(C[C@H]4CCN(c5ccc(Cl)cc5)C4)c3c(=O)[nH]2)c1.S. The number of hydrogen-bond acceptors (Lipinski definition) is 6. The molecule has 0 amide bonds. The van der Waals surface area contributed by atoms with Crippen molar-refractivity contribution in [3.05, 3.63) is 63.8 Å². The van der Waals surface area contributed by atoms with Gasteiger partial charge < -0.3 is 10.0 Å². The quantitative estimate of drug-likeness (QED) is 0.456. The van der Waals surface area contributed by atoms with Crippen molar-refractivity contribution in [1.82, 2.24) is 29.5 Å². The molecule has 32 heavy (non-hydrogen) atoms. The molecule has 1 aromatic carbocycles. The molecule has 1 atom stereocenters. The monoisotopic (exact) mass is 473 g/mol. The van der Waals surface area contributed by atoms with Gasteiger partial charge in [-0.25, -0.2) is 14.5 Å². The van der Waals surface area contributed by atoms with Gasteiger partial charge >= 0.3 is 5.97 Å². The van der Waals surface area contributed by atoms with Crippen LogP contribution >= 0.6 is 25.1 Å². The number of carboxylic acids is 1. The van der Waals surface area contributed by atoms with E-state index in [1.54, 1.807) is 10.9 Å². The van der Waals surface area contributed by atoms with Gasteiger partial charge in [0.05, 0.1) is 18.0 Å². The molecule has 3 aromatic heterocycles. The highest BCUT2D eigenvalue weighted by Gasteiger charge is 2.24. The summed E-state index contributed by atoms with van der Waals surface area (Å²) in [5, 5.41) is 18.1. The summed E-state index contributed by atoms with van der Waals surface area (Å²) in [5.74, 6) is -0.631. The third-order valence-corrected chi connectivity index (χ3v) is 5.69. The van der Waals surface area contributed by atoms with Gasteiger partial charge in [0.2, 0.25) is 5.95 Å². The Morgan fingerprint density at radius 2 is 2.00 bits per heavy atom. The molecule has 12 heteroatoms. The Balaban J connectivity index is 0.00000245. The number of aromatic amines is 1. The van der Waals surface area contributed by atoms with E-state index in [1.165, 1.54) is 17.1 Å². The van der Waals surface area contributed by atoms with Crippen LogP contribution in [-0.4, -0.2) is 53.7 Å². The third-order valence-electron chi connectivity index (χ3n) is 5.44. The summed E-state index contributed by atoms with van der Waals surface area (Å²) in [5.41, 5.74) is 1.60. The van der Waals surface area contributed by atoms with Crippen LogP contribution in [0.15, 0.2) is 47.7 Å². The van der Waals surface area contributed by atoms with E-state index in [0.717, 1.165) is 25.2 Å². The number of anilines is 1. The van der Waals surface area contributed by atoms with E-state index in [9.17, 15) is 9.59 Å². The van der Waals surface area contributed by atoms with Gasteiger partial charge in [0.15, 0.2) is 5.52 Å². The van der Waals surface area contributed by atoms with E-state index in [0.29, 0.717) is 28.5 Å². The van der Waals surface area contributed by atoms with E-state index in [4.69, 9.17) is 16.7 Å². The van der Waals surface area contributed by atoms with E-state index in [-0.39, 0.29) is 30.6 Å². The fourth-order valence-electron chi connectivity index (χ4n) is 3.90. The lowest BCUT2D eigenvalue weighted by Gasteiger charge is -2.18. The van der Waals surface area contributed by atoms with Gasteiger partial charge in [-0.2, -0.15) is 23.7 Å². The highest BCUT2D eigenvalue weighted by molar-refractivity contribution is 7.59. The van der Waals surface area contributed by atoms with Gasteiger partial charge in [-0.05, 0) is 36.6 Å². The molecule has 0 bridgehead atoms. The second-order valence-corrected chi connectivity index (χ2v) is 7.94. The maximum Gasteiger partial charge on any atom is 0.338 e. The summed E-state index contributed by atoms with van der Waals surface area (Å²) in [6, 6.07) is 7.78. The Hall–Kier alpha value is -3.31. The summed E-state index contributed by atoms with van der Waals surface area (Å²) < 4.78 is 2.91. The first-order chi connectivity index (χ1) is 15.0. The summed E-state index contributed by atoms with van der Waals surface area (Å²) in [6.07, 6.45) is 5.02. The van der Waals surface area contributed by atoms with Crippen molar-refractivity contribution >= 4 is 47.8 Å². The fraction of sp³-hybridized carbons (Fsp3) is 0.250. The van der Waals surface area contributed by atoms with E-state index in [2.05, 4.69) is 25.1 Å². The van der Waals surface area contributed by atoms with Gasteiger partial charge in [-0.3, -0.25) is 14.5 Å². The van der Waals surface area contributed by atoms with Crippen LogP contribution < -0.4 is 10.5 Å². The van der Waals surface area contributed by atoms with E-state index in [1.807, 2.05) is 24.3 Å². The number of halogens is 1. The van der Waals surface area contributed by atoms with Crippen molar-refractivity contribution in [2.45, 2.75) is 13.0 Å². The zero-order chi connectivity index (χ0) is 21.5. The molecule has 0 aliphatic carbocycles. The molecule has 166 valence electrons. The lowest BCUT2D eigenvalue weighted by atomic mass is 10.1. The standard InChI is InChI=1S/C20H18ClN7O3.H2S/c21-14-1-3-15(4-2-14)26-6-5-12(9-26)10-27-17-16(8-23-27)24-20(25-18(17)29)28-11-13(7-22-28)19(30)31;/h1-4,7-8,11-12H,5-6,9-10H2,(H,30,31)(H,24,25,29);1H2/t12-;/m0./s1. The number of carboxylic acid groups (broad SMARTS) is 1. The lowest BCUT2D eigenvalue weighted by Crippen LogP contribution is -2.23. The number of H-pyrrole nitrogens is 1. The zero-order valence-electron chi connectivity index (χ0n) is 16.8. The van der Waals surface area contributed by atoms with Crippen LogP contribution in [0.5, 0.6) is 0 Å². The zero-order valence-corrected chi connectivity index (χ0v) is 18.5. The average molecular weight is 474 g/mol. The molecular weight excluding hydrogens is 454 g/mol. The molecule has 0 saturated carbocycles. The summed E-state index contributed by atoms with van der Waals surface area (Å²) in [7, 11) is 0. The number of aromatic carboxylic acids is 1. The molecule has 5 rings (SSSR count). The van der Waals surface area contributed by atoms with E-state index < -0.39 is 5.97 Å². The number of carbonyl (C=O) groups is 1. The molecule has 0 radical (unpaired) electrons. The molecule has 0 spiro atoms. The van der Waals surface area contributed by atoms with Crippen molar-refractivity contribution in [3.8, 4) is 5.95 Å². The Morgan fingerprint density at radius 3 is 2.72 bits per heavy atom. The molecule has 2 N–H and O–H groups in total. The van der Waals surface area contributed by atoms with E-state index >= 15 is 0 Å². The van der Waals surface area contributed by atoms with Gasteiger partial charge in [0.25, 0.3) is 5.56 Å². The van der Waals surface area contributed by atoms with Crippen LogP contribution in [0.3, 0.4) is 0 Å². The summed E-state index contributed by atoms with van der Waals surface area (Å²) >= 11 is 5.98. The number of aromatic nitrogens is 6. The highest BCUT2D eigenvalue weighted by atomic mass is 35.5. The average Bonchev–Trinajstić information content (AvgIpc) is 3.49. The molecule has 1 saturated heterocycles. The number of rotatable bonds is 5. The Morgan fingerprint density at radius 1 is 1.22 bits per heavy atom. The predicted octanol–water partition coefficient (Wildman–Crippen LogP) is 2.30. The minimum Gasteiger partial charge on any atom is -0.478 e. The molecule has 4 heterocycles. The first-order valence-electron chi connectivity index (χ1n) is 9.72. The molecule has 4 aromatic rings. The van der Waals surface area contributed by atoms with Crippen molar-refractivity contribution in [2.24, 2.45) is 5.92 Å². The topological polar surface area (TPSA) is 122 Å². The Labute approximate surface area is 193 Å². The molecule has 10 nitrogen and oxygen atoms in total. The smallest absolute Gasteiger partial charge is 0.338 e. The summed E-state index contributed by atoms with van der Waals surface area (Å²) in [6.45, 7) is 2.38. The van der Waals surface area contributed by atoms with Crippen LogP contribution in [0.1, 0.15) is 16.8 Å². The highest BCUT2D eigenvalue weighted by Crippen LogP contribution is 2.26. The van der Waals surface area contributed by atoms with Crippen molar-refractivity contribution in [1.29, 1.82) is 0 Å². The van der Waals surface area contributed by atoms with Crippen LogP contribution in [0.2, 0.25) is 5.02 Å². The van der Waals surface area contributed by atoms with Crippen molar-refractivity contribution < 1.29 is 9.90 Å². The normalized spacial score (nSPS) is 15.8. The van der Waals surface area contributed by atoms with Crippen molar-refractivity contribution in [2.75, 3.05) is 18.0 Å². The lowest BCUT2D eigenvalue weighted by molar-refractivity contribution is 0.0697.